The van der Waals surface area contributed by atoms with E-state index in [4.69, 9.17) is 0 Å². The summed E-state index contributed by atoms with van der Waals surface area (Å²) >= 11 is 0. The van der Waals surface area contributed by atoms with E-state index in [1.807, 2.05) is 39.0 Å². The standard InChI is InChI=1S/C15H24N2O/c1-7-12-8-9-13(10-11(12)2)14(18)17(16-6)15(3,4)5/h8-10,16H,7H2,1-6H3. The second-order valence-electron chi connectivity index (χ2n) is 5.53. The quantitative estimate of drug-likeness (QED) is 0.834. The van der Waals surface area contributed by atoms with Gasteiger partial charge in [-0.05, 0) is 57.4 Å². The van der Waals surface area contributed by atoms with E-state index in [1.165, 1.54) is 11.1 Å². The Morgan fingerprint density at radius 2 is 1.94 bits per heavy atom. The summed E-state index contributed by atoms with van der Waals surface area (Å²) in [6.07, 6.45) is 0.995. The number of hydrogen-bond acceptors (Lipinski definition) is 2. The molecule has 0 unspecified atom stereocenters. The molecular formula is C15H24N2O. The number of hydrazine groups is 1. The molecule has 1 amide bonds. The first-order valence-corrected chi connectivity index (χ1v) is 6.42. The van der Waals surface area contributed by atoms with Crippen LogP contribution in [0.3, 0.4) is 0 Å². The zero-order chi connectivity index (χ0) is 13.9. The smallest absolute Gasteiger partial charge is 0.268 e. The Balaban J connectivity index is 3.07. The summed E-state index contributed by atoms with van der Waals surface area (Å²) in [5.41, 5.74) is 5.92. The molecule has 0 aromatic heterocycles. The van der Waals surface area contributed by atoms with Gasteiger partial charge in [-0.1, -0.05) is 13.0 Å². The van der Waals surface area contributed by atoms with Gasteiger partial charge in [0.15, 0.2) is 0 Å². The summed E-state index contributed by atoms with van der Waals surface area (Å²) in [6, 6.07) is 5.92. The number of carbonyl (C=O) groups is 1. The second-order valence-corrected chi connectivity index (χ2v) is 5.53. The van der Waals surface area contributed by atoms with E-state index >= 15 is 0 Å². The van der Waals surface area contributed by atoms with Crippen LogP contribution < -0.4 is 5.43 Å². The van der Waals surface area contributed by atoms with Crippen LogP contribution >= 0.6 is 0 Å². The van der Waals surface area contributed by atoms with Gasteiger partial charge in [-0.25, -0.2) is 5.43 Å². The van der Waals surface area contributed by atoms with Crippen molar-refractivity contribution in [2.45, 2.75) is 46.6 Å². The molecule has 3 nitrogen and oxygen atoms in total. The van der Waals surface area contributed by atoms with Gasteiger partial charge in [-0.3, -0.25) is 9.80 Å². The molecule has 0 atom stereocenters. The molecule has 1 N–H and O–H groups in total. The van der Waals surface area contributed by atoms with Crippen LogP contribution in [0.2, 0.25) is 0 Å². The number of benzene rings is 1. The van der Waals surface area contributed by atoms with Gasteiger partial charge in [0.1, 0.15) is 0 Å². The molecule has 0 saturated heterocycles. The maximum absolute atomic E-state index is 12.4. The normalized spacial score (nSPS) is 11.4. The van der Waals surface area contributed by atoms with Crippen LogP contribution in [0.1, 0.15) is 49.2 Å². The highest BCUT2D eigenvalue weighted by Crippen LogP contribution is 2.17. The Hall–Kier alpha value is -1.35. The number of carbonyl (C=O) groups excluding carboxylic acids is 1. The topological polar surface area (TPSA) is 32.3 Å². The third kappa shape index (κ3) is 3.10. The lowest BCUT2D eigenvalue weighted by atomic mass is 10.0. The average Bonchev–Trinajstić information content (AvgIpc) is 2.27. The summed E-state index contributed by atoms with van der Waals surface area (Å²) in [5.74, 6) is 0.00996. The number of nitrogens with zero attached hydrogens (tertiary/aromatic N) is 1. The lowest BCUT2D eigenvalue weighted by molar-refractivity contribution is 0.0442. The van der Waals surface area contributed by atoms with Gasteiger partial charge in [0.25, 0.3) is 5.91 Å². The fourth-order valence-corrected chi connectivity index (χ4v) is 2.10. The second kappa shape index (κ2) is 5.53. The number of aryl methyl sites for hydroxylation is 2. The molecule has 1 aromatic rings. The Labute approximate surface area is 110 Å². The number of hydrogen-bond donors (Lipinski definition) is 1. The van der Waals surface area contributed by atoms with E-state index < -0.39 is 0 Å². The third-order valence-electron chi connectivity index (χ3n) is 3.07. The van der Waals surface area contributed by atoms with Gasteiger partial charge < -0.3 is 0 Å². The van der Waals surface area contributed by atoms with E-state index in [2.05, 4.69) is 19.3 Å². The van der Waals surface area contributed by atoms with Gasteiger partial charge in [0.2, 0.25) is 0 Å². The highest BCUT2D eigenvalue weighted by Gasteiger charge is 2.26. The molecule has 0 heterocycles. The first kappa shape index (κ1) is 14.7. The maximum Gasteiger partial charge on any atom is 0.268 e. The van der Waals surface area contributed by atoms with Crippen LogP contribution in [-0.4, -0.2) is 23.5 Å². The van der Waals surface area contributed by atoms with Gasteiger partial charge >= 0.3 is 0 Å². The van der Waals surface area contributed by atoms with Crippen molar-refractivity contribution in [1.29, 1.82) is 0 Å². The number of rotatable bonds is 3. The lowest BCUT2D eigenvalue weighted by Gasteiger charge is -2.34. The van der Waals surface area contributed by atoms with Crippen LogP contribution in [-0.2, 0) is 6.42 Å². The zero-order valence-electron chi connectivity index (χ0n) is 12.3. The van der Waals surface area contributed by atoms with Crippen molar-refractivity contribution in [2.75, 3.05) is 7.05 Å². The van der Waals surface area contributed by atoms with Crippen molar-refractivity contribution in [3.8, 4) is 0 Å². The predicted octanol–water partition coefficient (Wildman–Crippen LogP) is 2.93. The van der Waals surface area contributed by atoms with Crippen LogP contribution in [0.25, 0.3) is 0 Å². The Bertz CT molecular complexity index is 433. The summed E-state index contributed by atoms with van der Waals surface area (Å²) in [6.45, 7) is 10.2. The first-order valence-electron chi connectivity index (χ1n) is 6.42. The van der Waals surface area contributed by atoms with E-state index in [9.17, 15) is 4.79 Å². The van der Waals surface area contributed by atoms with Gasteiger partial charge in [-0.2, -0.15) is 0 Å². The van der Waals surface area contributed by atoms with Gasteiger partial charge in [0, 0.05) is 12.6 Å². The van der Waals surface area contributed by atoms with Crippen molar-refractivity contribution in [3.63, 3.8) is 0 Å². The third-order valence-corrected chi connectivity index (χ3v) is 3.07. The van der Waals surface area contributed by atoms with Gasteiger partial charge in [0.05, 0.1) is 5.54 Å². The fraction of sp³-hybridized carbons (Fsp3) is 0.533. The van der Waals surface area contributed by atoms with Crippen molar-refractivity contribution < 1.29 is 4.79 Å². The number of amides is 1. The molecule has 1 aromatic carbocycles. The fourth-order valence-electron chi connectivity index (χ4n) is 2.10. The molecule has 1 rings (SSSR count). The molecule has 0 fully saturated rings. The summed E-state index contributed by atoms with van der Waals surface area (Å²) < 4.78 is 0. The van der Waals surface area contributed by atoms with E-state index in [1.54, 1.807) is 12.1 Å². The maximum atomic E-state index is 12.4. The molecule has 0 spiro atoms. The monoisotopic (exact) mass is 248 g/mol. The lowest BCUT2D eigenvalue weighted by Crippen LogP contribution is -2.52. The molecule has 3 heteroatoms. The van der Waals surface area contributed by atoms with Crippen molar-refractivity contribution in [2.24, 2.45) is 0 Å². The summed E-state index contributed by atoms with van der Waals surface area (Å²) in [4.78, 5) is 12.4. The Morgan fingerprint density at radius 3 is 2.33 bits per heavy atom. The molecule has 0 aliphatic heterocycles. The van der Waals surface area contributed by atoms with E-state index in [0.717, 1.165) is 12.0 Å². The minimum absolute atomic E-state index is 0.00996. The predicted molar refractivity (Wildman–Crippen MR) is 75.5 cm³/mol. The zero-order valence-corrected chi connectivity index (χ0v) is 12.3. The van der Waals surface area contributed by atoms with E-state index in [0.29, 0.717) is 0 Å². The SMILES string of the molecule is CCc1ccc(C(=O)N(NC)C(C)(C)C)cc1C. The number of nitrogens with one attached hydrogen (secondary N) is 1. The molecule has 100 valence electrons. The molecule has 0 radical (unpaired) electrons. The van der Waals surface area contributed by atoms with Crippen LogP contribution in [0.4, 0.5) is 0 Å². The van der Waals surface area contributed by atoms with E-state index in [-0.39, 0.29) is 11.4 Å². The van der Waals surface area contributed by atoms with Crippen molar-refractivity contribution in [1.82, 2.24) is 10.4 Å². The highest BCUT2D eigenvalue weighted by molar-refractivity contribution is 5.94. The molecule has 0 aliphatic rings. The summed E-state index contributed by atoms with van der Waals surface area (Å²) in [5, 5.41) is 1.66. The largest absolute Gasteiger partial charge is 0.269 e. The minimum atomic E-state index is -0.247. The van der Waals surface area contributed by atoms with Crippen LogP contribution in [0, 0.1) is 6.92 Å². The van der Waals surface area contributed by atoms with Crippen molar-refractivity contribution >= 4 is 5.91 Å². The average molecular weight is 248 g/mol. The Morgan fingerprint density at radius 1 is 1.33 bits per heavy atom. The van der Waals surface area contributed by atoms with Gasteiger partial charge in [-0.15, -0.1) is 0 Å². The van der Waals surface area contributed by atoms with Crippen molar-refractivity contribution in [3.05, 3.63) is 34.9 Å². The molecular weight excluding hydrogens is 224 g/mol. The van der Waals surface area contributed by atoms with Crippen LogP contribution in [0.5, 0.6) is 0 Å². The summed E-state index contributed by atoms with van der Waals surface area (Å²) in [7, 11) is 1.77. The molecule has 0 aliphatic carbocycles. The molecule has 18 heavy (non-hydrogen) atoms. The first-order chi connectivity index (χ1) is 8.31. The molecule has 0 bridgehead atoms. The minimum Gasteiger partial charge on any atom is -0.269 e. The molecule has 0 saturated carbocycles. The Kier molecular flexibility index (Phi) is 4.52. The highest BCUT2D eigenvalue weighted by atomic mass is 16.2. The van der Waals surface area contributed by atoms with Crippen LogP contribution in [0.15, 0.2) is 18.2 Å².